The van der Waals surface area contributed by atoms with Crippen LogP contribution in [0.15, 0.2) is 39.6 Å². The Balaban J connectivity index is 1.93. The quantitative estimate of drug-likeness (QED) is 0.402. The molecule has 1 atom stereocenters. The van der Waals surface area contributed by atoms with Gasteiger partial charge in [-0.3, -0.25) is 14.2 Å². The van der Waals surface area contributed by atoms with Gasteiger partial charge in [-0.25, -0.2) is 4.98 Å². The maximum Gasteiger partial charge on any atom is 0.262 e. The lowest BCUT2D eigenvalue weighted by Gasteiger charge is -2.14. The lowest BCUT2D eigenvalue weighted by atomic mass is 10.0. The molecule has 6 heteroatoms. The number of aromatic nitrogens is 2. The summed E-state index contributed by atoms with van der Waals surface area (Å²) in [6, 6.07) is 7.67. The van der Waals surface area contributed by atoms with Crippen molar-refractivity contribution in [2.24, 2.45) is 7.05 Å². The van der Waals surface area contributed by atoms with Gasteiger partial charge in [0.25, 0.3) is 5.56 Å². The summed E-state index contributed by atoms with van der Waals surface area (Å²) >= 11 is 2.77. The molecule has 4 nitrogen and oxygen atoms in total. The molecule has 0 aliphatic heterocycles. The minimum atomic E-state index is -0.319. The van der Waals surface area contributed by atoms with E-state index in [-0.39, 0.29) is 16.6 Å². The third kappa shape index (κ3) is 3.03. The van der Waals surface area contributed by atoms with Gasteiger partial charge in [-0.2, -0.15) is 0 Å². The molecule has 0 radical (unpaired) electrons. The number of benzene rings is 1. The maximum atomic E-state index is 12.8. The van der Waals surface area contributed by atoms with E-state index in [9.17, 15) is 9.59 Å². The fourth-order valence-corrected chi connectivity index (χ4v) is 4.26. The highest BCUT2D eigenvalue weighted by Gasteiger charge is 2.21. The molecular weight excluding hydrogens is 340 g/mol. The Hall–Kier alpha value is -1.92. The number of nitrogens with zero attached hydrogens (tertiary/aromatic N) is 2. The topological polar surface area (TPSA) is 52.0 Å². The fourth-order valence-electron chi connectivity index (χ4n) is 2.52. The third-order valence-corrected chi connectivity index (χ3v) is 5.92. The fraction of sp³-hybridized carbons (Fsp3) is 0.278. The van der Waals surface area contributed by atoms with E-state index >= 15 is 0 Å². The Morgan fingerprint density at radius 3 is 2.79 bits per heavy atom. The number of carbonyl (C=O) groups excluding carboxylic acids is 1. The first-order chi connectivity index (χ1) is 11.4. The van der Waals surface area contributed by atoms with Crippen LogP contribution in [-0.2, 0) is 7.05 Å². The molecule has 2 aromatic heterocycles. The summed E-state index contributed by atoms with van der Waals surface area (Å²) in [5.74, 6) is 0.0572. The van der Waals surface area contributed by atoms with Gasteiger partial charge in [0.15, 0.2) is 10.9 Å². The molecule has 24 heavy (non-hydrogen) atoms. The predicted molar refractivity (Wildman–Crippen MR) is 100 cm³/mol. The molecule has 0 fully saturated rings. The molecule has 0 saturated carbocycles. The molecule has 0 aliphatic carbocycles. The van der Waals surface area contributed by atoms with Crippen LogP contribution >= 0.6 is 23.1 Å². The first kappa shape index (κ1) is 16.9. The Morgan fingerprint density at radius 1 is 1.29 bits per heavy atom. The van der Waals surface area contributed by atoms with Crippen molar-refractivity contribution < 1.29 is 4.79 Å². The number of carbonyl (C=O) groups is 1. The number of thioether (sulfide) groups is 1. The van der Waals surface area contributed by atoms with E-state index in [4.69, 9.17) is 0 Å². The molecular formula is C18H18N2O2S2. The van der Waals surface area contributed by atoms with Crippen molar-refractivity contribution >= 4 is 39.1 Å². The minimum Gasteiger partial charge on any atom is -0.293 e. The Bertz CT molecular complexity index is 988. The van der Waals surface area contributed by atoms with Crippen LogP contribution in [0.1, 0.15) is 28.4 Å². The highest BCUT2D eigenvalue weighted by atomic mass is 32.2. The summed E-state index contributed by atoms with van der Waals surface area (Å²) < 4.78 is 1.52. The monoisotopic (exact) mass is 358 g/mol. The first-order valence-corrected chi connectivity index (χ1v) is 9.36. The first-order valence-electron chi connectivity index (χ1n) is 7.61. The number of fused-ring (bicyclic) bond motifs is 1. The van der Waals surface area contributed by atoms with Gasteiger partial charge in [-0.1, -0.05) is 29.5 Å². The molecule has 124 valence electrons. The van der Waals surface area contributed by atoms with Crippen LogP contribution in [0.5, 0.6) is 0 Å². The van der Waals surface area contributed by atoms with Gasteiger partial charge in [-0.05, 0) is 43.8 Å². The average Bonchev–Trinajstić information content (AvgIpc) is 3.02. The highest BCUT2D eigenvalue weighted by Crippen LogP contribution is 2.26. The van der Waals surface area contributed by atoms with E-state index in [1.165, 1.54) is 27.7 Å². The summed E-state index contributed by atoms with van der Waals surface area (Å²) in [6.07, 6.45) is 0. The number of aryl methyl sites for hydroxylation is 2. The van der Waals surface area contributed by atoms with Gasteiger partial charge < -0.3 is 0 Å². The number of thiophene rings is 1. The Morgan fingerprint density at radius 2 is 2.04 bits per heavy atom. The summed E-state index contributed by atoms with van der Waals surface area (Å²) in [4.78, 5) is 30.4. The van der Waals surface area contributed by atoms with E-state index in [1.807, 2.05) is 44.4 Å². The molecule has 1 unspecified atom stereocenters. The van der Waals surface area contributed by atoms with Crippen molar-refractivity contribution in [1.82, 2.24) is 9.55 Å². The number of rotatable bonds is 4. The van der Waals surface area contributed by atoms with Crippen molar-refractivity contribution in [2.75, 3.05) is 0 Å². The lowest BCUT2D eigenvalue weighted by molar-refractivity contribution is 0.0993. The van der Waals surface area contributed by atoms with Crippen LogP contribution in [0.4, 0.5) is 0 Å². The zero-order valence-corrected chi connectivity index (χ0v) is 15.6. The Kier molecular flexibility index (Phi) is 4.60. The lowest BCUT2D eigenvalue weighted by Crippen LogP contribution is -2.22. The van der Waals surface area contributed by atoms with Gasteiger partial charge >= 0.3 is 0 Å². The SMILES string of the molecule is Cc1ccc(C)c(C(=O)C(C)Sc2nc3sccc3c(=O)n2C)c1. The van der Waals surface area contributed by atoms with E-state index in [1.54, 1.807) is 13.1 Å². The van der Waals surface area contributed by atoms with Gasteiger partial charge in [0.1, 0.15) is 4.83 Å². The van der Waals surface area contributed by atoms with E-state index in [0.717, 1.165) is 16.7 Å². The summed E-state index contributed by atoms with van der Waals surface area (Å²) in [7, 11) is 1.70. The molecule has 1 aromatic carbocycles. The average molecular weight is 358 g/mol. The Labute approximate surface area is 148 Å². The van der Waals surface area contributed by atoms with Crippen LogP contribution < -0.4 is 5.56 Å². The van der Waals surface area contributed by atoms with E-state index < -0.39 is 0 Å². The van der Waals surface area contributed by atoms with Crippen molar-refractivity contribution in [3.63, 3.8) is 0 Å². The van der Waals surface area contributed by atoms with Crippen LogP contribution in [0.2, 0.25) is 0 Å². The summed E-state index contributed by atoms with van der Waals surface area (Å²) in [5.41, 5.74) is 2.69. The number of ketones is 1. The minimum absolute atomic E-state index is 0.0572. The molecule has 0 saturated heterocycles. The smallest absolute Gasteiger partial charge is 0.262 e. The van der Waals surface area contributed by atoms with Crippen molar-refractivity contribution in [3.05, 3.63) is 56.7 Å². The summed E-state index contributed by atoms with van der Waals surface area (Å²) in [5, 5.41) is 2.74. The third-order valence-electron chi connectivity index (χ3n) is 3.97. The number of hydrogen-bond donors (Lipinski definition) is 0. The molecule has 0 bridgehead atoms. The number of hydrogen-bond acceptors (Lipinski definition) is 5. The number of Topliss-reactive ketones (excluding diaryl/α,β-unsaturated/α-hetero) is 1. The van der Waals surface area contributed by atoms with Gasteiger partial charge in [0.2, 0.25) is 0 Å². The van der Waals surface area contributed by atoms with Crippen LogP contribution in [-0.4, -0.2) is 20.6 Å². The van der Waals surface area contributed by atoms with Gasteiger partial charge in [-0.15, -0.1) is 11.3 Å². The summed E-state index contributed by atoms with van der Waals surface area (Å²) in [6.45, 7) is 5.78. The zero-order chi connectivity index (χ0) is 17.4. The molecule has 0 amide bonds. The highest BCUT2D eigenvalue weighted by molar-refractivity contribution is 8.00. The second-order valence-corrected chi connectivity index (χ2v) is 8.04. The van der Waals surface area contributed by atoms with Crippen molar-refractivity contribution in [1.29, 1.82) is 0 Å². The second-order valence-electron chi connectivity index (χ2n) is 5.84. The normalized spacial score (nSPS) is 12.5. The second kappa shape index (κ2) is 6.53. The van der Waals surface area contributed by atoms with Crippen LogP contribution in [0.3, 0.4) is 0 Å². The molecule has 0 spiro atoms. The van der Waals surface area contributed by atoms with Crippen molar-refractivity contribution in [3.8, 4) is 0 Å². The standard InChI is InChI=1S/C18H18N2O2S2/c1-10-5-6-11(2)14(9-10)15(21)12(3)24-18-19-16-13(7-8-23-16)17(22)20(18)4/h5-9,12H,1-4H3. The maximum absolute atomic E-state index is 12.8. The van der Waals surface area contributed by atoms with Gasteiger partial charge in [0.05, 0.1) is 10.6 Å². The van der Waals surface area contributed by atoms with E-state index in [2.05, 4.69) is 4.98 Å². The van der Waals surface area contributed by atoms with Crippen LogP contribution in [0, 0.1) is 13.8 Å². The predicted octanol–water partition coefficient (Wildman–Crippen LogP) is 3.98. The van der Waals surface area contributed by atoms with Gasteiger partial charge in [0, 0.05) is 12.6 Å². The zero-order valence-electron chi connectivity index (χ0n) is 14.0. The van der Waals surface area contributed by atoms with E-state index in [0.29, 0.717) is 15.4 Å². The molecule has 2 heterocycles. The van der Waals surface area contributed by atoms with Crippen molar-refractivity contribution in [2.45, 2.75) is 31.2 Å². The molecule has 3 rings (SSSR count). The molecule has 3 aromatic rings. The largest absolute Gasteiger partial charge is 0.293 e. The molecule has 0 aliphatic rings. The molecule has 0 N–H and O–H groups in total. The van der Waals surface area contributed by atoms with Crippen LogP contribution in [0.25, 0.3) is 10.2 Å².